The Bertz CT molecular complexity index is 1090. The summed E-state index contributed by atoms with van der Waals surface area (Å²) in [5, 5.41) is 11.8. The number of benzene rings is 2. The third-order valence-electron chi connectivity index (χ3n) is 6.60. The van der Waals surface area contributed by atoms with Crippen LogP contribution in [-0.2, 0) is 29.0 Å². The van der Waals surface area contributed by atoms with Crippen LogP contribution in [0.1, 0.15) is 72.3 Å². The molecule has 1 aliphatic heterocycles. The van der Waals surface area contributed by atoms with Crippen LogP contribution in [0.25, 0.3) is 5.70 Å². The van der Waals surface area contributed by atoms with Crippen LogP contribution in [0.2, 0.25) is 0 Å². The molecule has 2 aromatic carbocycles. The lowest BCUT2D eigenvalue weighted by atomic mass is 9.81. The molecular formula is C27H31F3N2O4. The third-order valence-corrected chi connectivity index (χ3v) is 6.60. The zero-order valence-corrected chi connectivity index (χ0v) is 20.0. The Morgan fingerprint density at radius 3 is 2.61 bits per heavy atom. The Kier molecular flexibility index (Phi) is 8.53. The quantitative estimate of drug-likeness (QED) is 0.282. The number of rotatable bonds is 10. The first kappa shape index (κ1) is 26.0. The SMILES string of the molecule is O=C(O)CCNCc1ccc2c(c1)OCC=C2NOCc1ccc(C2CCCCC2)c(C(F)(F)F)c1. The molecule has 1 aliphatic carbocycles. The zero-order valence-electron chi connectivity index (χ0n) is 20.0. The van der Waals surface area contributed by atoms with Crippen LogP contribution in [0.15, 0.2) is 42.5 Å². The molecule has 36 heavy (non-hydrogen) atoms. The van der Waals surface area contributed by atoms with Crippen LogP contribution in [0.3, 0.4) is 0 Å². The topological polar surface area (TPSA) is 79.8 Å². The Morgan fingerprint density at radius 1 is 1.08 bits per heavy atom. The first-order valence-corrected chi connectivity index (χ1v) is 12.3. The van der Waals surface area contributed by atoms with E-state index >= 15 is 0 Å². The summed E-state index contributed by atoms with van der Waals surface area (Å²) >= 11 is 0. The molecule has 6 nitrogen and oxygen atoms in total. The van der Waals surface area contributed by atoms with Crippen molar-refractivity contribution >= 4 is 11.7 Å². The average molecular weight is 505 g/mol. The second-order valence-corrected chi connectivity index (χ2v) is 9.22. The number of hydrogen-bond acceptors (Lipinski definition) is 5. The number of hydrogen-bond donors (Lipinski definition) is 3. The van der Waals surface area contributed by atoms with Gasteiger partial charge < -0.3 is 15.2 Å². The van der Waals surface area contributed by atoms with Crippen molar-refractivity contribution in [3.8, 4) is 5.75 Å². The minimum absolute atomic E-state index is 0.0207. The minimum atomic E-state index is -4.40. The van der Waals surface area contributed by atoms with Gasteiger partial charge in [-0.25, -0.2) is 0 Å². The highest BCUT2D eigenvalue weighted by molar-refractivity contribution is 5.70. The lowest BCUT2D eigenvalue weighted by Gasteiger charge is -2.25. The molecule has 0 bridgehead atoms. The molecule has 0 radical (unpaired) electrons. The maximum atomic E-state index is 13.8. The molecule has 9 heteroatoms. The van der Waals surface area contributed by atoms with Crippen molar-refractivity contribution < 1.29 is 32.6 Å². The van der Waals surface area contributed by atoms with E-state index in [0.717, 1.165) is 43.2 Å². The number of hydroxylamine groups is 1. The normalized spacial score (nSPS) is 16.1. The Hall–Kier alpha value is -3.04. The molecule has 1 fully saturated rings. The van der Waals surface area contributed by atoms with E-state index in [1.807, 2.05) is 18.2 Å². The molecule has 1 heterocycles. The number of aliphatic carboxylic acids is 1. The van der Waals surface area contributed by atoms with Gasteiger partial charge in [0.05, 0.1) is 24.3 Å². The summed E-state index contributed by atoms with van der Waals surface area (Å²) in [6.07, 6.45) is 2.08. The van der Waals surface area contributed by atoms with Gasteiger partial charge in [-0.2, -0.15) is 13.2 Å². The lowest BCUT2D eigenvalue weighted by Crippen LogP contribution is -2.20. The van der Waals surface area contributed by atoms with Crippen molar-refractivity contribution in [1.82, 2.24) is 10.8 Å². The number of carbonyl (C=O) groups is 1. The Labute approximate surface area is 208 Å². The standard InChI is InChI=1S/C27H31F3N2O4/c28-27(29,30)23-14-19(7-8-21(23)20-4-2-1-3-5-20)17-36-32-24-11-13-35-25-15-18(6-9-22(24)25)16-31-12-10-26(33)34/h6-9,11,14-15,20,31-32H,1-5,10,12-13,16-17H2,(H,33,34). The van der Waals surface area contributed by atoms with E-state index in [9.17, 15) is 18.0 Å². The van der Waals surface area contributed by atoms with E-state index in [4.69, 9.17) is 14.7 Å². The second-order valence-electron chi connectivity index (χ2n) is 9.22. The molecule has 0 aromatic heterocycles. The summed E-state index contributed by atoms with van der Waals surface area (Å²) in [6.45, 7) is 1.17. The fourth-order valence-electron chi connectivity index (χ4n) is 4.77. The maximum absolute atomic E-state index is 13.8. The van der Waals surface area contributed by atoms with Crippen molar-refractivity contribution in [1.29, 1.82) is 0 Å². The van der Waals surface area contributed by atoms with Crippen molar-refractivity contribution in [2.24, 2.45) is 0 Å². The fraction of sp³-hybridized carbons (Fsp3) is 0.444. The first-order valence-electron chi connectivity index (χ1n) is 12.3. The molecule has 1 saturated carbocycles. The molecule has 3 N–H and O–H groups in total. The number of carboxylic acids is 1. The predicted molar refractivity (Wildman–Crippen MR) is 129 cm³/mol. The van der Waals surface area contributed by atoms with E-state index in [2.05, 4.69) is 10.8 Å². The number of carboxylic acid groups (broad SMARTS) is 1. The highest BCUT2D eigenvalue weighted by Crippen LogP contribution is 2.41. The van der Waals surface area contributed by atoms with Gasteiger partial charge in [-0.05, 0) is 59.7 Å². The van der Waals surface area contributed by atoms with E-state index in [0.29, 0.717) is 42.3 Å². The van der Waals surface area contributed by atoms with Crippen molar-refractivity contribution in [2.45, 2.75) is 63.8 Å². The fourth-order valence-corrected chi connectivity index (χ4v) is 4.77. The lowest BCUT2D eigenvalue weighted by molar-refractivity contribution is -0.139. The molecule has 0 amide bonds. The van der Waals surface area contributed by atoms with E-state index < -0.39 is 17.7 Å². The minimum Gasteiger partial charge on any atom is -0.489 e. The van der Waals surface area contributed by atoms with Gasteiger partial charge in [0, 0.05) is 18.7 Å². The summed E-state index contributed by atoms with van der Waals surface area (Å²) in [6, 6.07) is 10.2. The highest BCUT2D eigenvalue weighted by atomic mass is 19.4. The molecule has 2 aliphatic rings. The molecule has 0 spiro atoms. The summed E-state index contributed by atoms with van der Waals surface area (Å²) in [4.78, 5) is 16.2. The number of fused-ring (bicyclic) bond motifs is 1. The molecular weight excluding hydrogens is 473 g/mol. The van der Waals surface area contributed by atoms with Crippen molar-refractivity contribution in [2.75, 3.05) is 13.2 Å². The number of alkyl halides is 3. The number of ether oxygens (including phenoxy) is 1. The van der Waals surface area contributed by atoms with Gasteiger partial charge in [-0.15, -0.1) is 0 Å². The van der Waals surface area contributed by atoms with Gasteiger partial charge >= 0.3 is 12.1 Å². The van der Waals surface area contributed by atoms with Gasteiger partial charge in [-0.1, -0.05) is 37.5 Å². The van der Waals surface area contributed by atoms with Crippen molar-refractivity contribution in [3.05, 3.63) is 70.3 Å². The van der Waals surface area contributed by atoms with Gasteiger partial charge in [0.25, 0.3) is 0 Å². The number of halogens is 3. The second kappa shape index (κ2) is 11.8. The Balaban J connectivity index is 1.37. The van der Waals surface area contributed by atoms with Crippen LogP contribution >= 0.6 is 0 Å². The summed E-state index contributed by atoms with van der Waals surface area (Å²) in [5.41, 5.74) is 5.55. The van der Waals surface area contributed by atoms with Crippen LogP contribution in [0, 0.1) is 0 Å². The molecule has 194 valence electrons. The van der Waals surface area contributed by atoms with E-state index in [-0.39, 0.29) is 18.9 Å². The first-order chi connectivity index (χ1) is 17.3. The number of nitrogens with one attached hydrogen (secondary N) is 2. The molecule has 4 rings (SSSR count). The third kappa shape index (κ3) is 6.79. The largest absolute Gasteiger partial charge is 0.489 e. The molecule has 0 saturated heterocycles. The van der Waals surface area contributed by atoms with Crippen LogP contribution in [0.5, 0.6) is 5.75 Å². The summed E-state index contributed by atoms with van der Waals surface area (Å²) < 4.78 is 47.2. The van der Waals surface area contributed by atoms with E-state index in [1.54, 1.807) is 18.2 Å². The predicted octanol–water partition coefficient (Wildman–Crippen LogP) is 5.77. The smallest absolute Gasteiger partial charge is 0.416 e. The van der Waals surface area contributed by atoms with Crippen LogP contribution in [0.4, 0.5) is 13.2 Å². The van der Waals surface area contributed by atoms with Gasteiger partial charge in [-0.3, -0.25) is 15.1 Å². The van der Waals surface area contributed by atoms with Gasteiger partial charge in [0.1, 0.15) is 12.4 Å². The Morgan fingerprint density at radius 2 is 1.86 bits per heavy atom. The molecule has 2 aromatic rings. The summed E-state index contributed by atoms with van der Waals surface area (Å²) in [7, 11) is 0. The van der Waals surface area contributed by atoms with Crippen LogP contribution in [-0.4, -0.2) is 24.2 Å². The monoisotopic (exact) mass is 504 g/mol. The summed E-state index contributed by atoms with van der Waals surface area (Å²) in [5.74, 6) is -0.242. The van der Waals surface area contributed by atoms with Gasteiger partial charge in [0.15, 0.2) is 0 Å². The van der Waals surface area contributed by atoms with E-state index in [1.165, 1.54) is 6.07 Å². The molecule has 0 atom stereocenters. The maximum Gasteiger partial charge on any atom is 0.416 e. The molecule has 0 unspecified atom stereocenters. The average Bonchev–Trinajstić information content (AvgIpc) is 2.86. The zero-order chi connectivity index (χ0) is 25.5. The van der Waals surface area contributed by atoms with Crippen LogP contribution < -0.4 is 15.5 Å². The van der Waals surface area contributed by atoms with Gasteiger partial charge in [0.2, 0.25) is 0 Å². The highest BCUT2D eigenvalue weighted by Gasteiger charge is 2.35. The van der Waals surface area contributed by atoms with Crippen molar-refractivity contribution in [3.63, 3.8) is 0 Å².